The van der Waals surface area contributed by atoms with E-state index in [1.165, 1.54) is 5.56 Å². The molecule has 0 saturated heterocycles. The minimum atomic E-state index is 0.323. The Morgan fingerprint density at radius 3 is 2.16 bits per heavy atom. The summed E-state index contributed by atoms with van der Waals surface area (Å²) in [6, 6.07) is 26.9. The molecule has 4 aromatic rings. The molecule has 0 atom stereocenters. The molecular weight excluding hydrogens is 445 g/mol. The summed E-state index contributed by atoms with van der Waals surface area (Å²) in [5.74, 6) is 0.323. The summed E-state index contributed by atoms with van der Waals surface area (Å²) in [6.07, 6.45) is 0. The number of rotatable bonds is 4. The second kappa shape index (κ2) is 8.64. The summed E-state index contributed by atoms with van der Waals surface area (Å²) in [7, 11) is 1.99. The number of hydrogen-bond donors (Lipinski definition) is 1. The third-order valence-electron chi connectivity index (χ3n) is 6.14. The van der Waals surface area contributed by atoms with E-state index in [0.717, 1.165) is 49.3 Å². The molecule has 0 bridgehead atoms. The fourth-order valence-electron chi connectivity index (χ4n) is 4.08. The van der Waals surface area contributed by atoms with Gasteiger partial charge < -0.3 is 10.0 Å². The second-order valence-electron chi connectivity index (χ2n) is 7.90. The quantitative estimate of drug-likeness (QED) is 0.346. The lowest BCUT2D eigenvalue weighted by Gasteiger charge is -2.31. The molecule has 31 heavy (non-hydrogen) atoms. The first kappa shape index (κ1) is 21.3. The molecular formula is C27H25BBrNO. The largest absolute Gasteiger partial charge is 0.506 e. The maximum atomic E-state index is 11.4. The summed E-state index contributed by atoms with van der Waals surface area (Å²) in [5, 5.41) is 11.4. The Hall–Kier alpha value is -2.98. The topological polar surface area (TPSA) is 23.5 Å². The zero-order valence-electron chi connectivity index (χ0n) is 18.3. The van der Waals surface area contributed by atoms with Gasteiger partial charge in [0.05, 0.1) is 11.4 Å². The highest BCUT2D eigenvalue weighted by molar-refractivity contribution is 9.10. The van der Waals surface area contributed by atoms with Gasteiger partial charge in [-0.1, -0.05) is 76.1 Å². The third kappa shape index (κ3) is 3.88. The Bertz CT molecular complexity index is 1220. The fraction of sp³-hybridized carbons (Fsp3) is 0.111. The zero-order valence-corrected chi connectivity index (χ0v) is 19.9. The molecule has 0 unspecified atom stereocenters. The number of benzene rings is 4. The van der Waals surface area contributed by atoms with Crippen molar-refractivity contribution in [3.63, 3.8) is 0 Å². The third-order valence-corrected chi connectivity index (χ3v) is 6.64. The van der Waals surface area contributed by atoms with Crippen LogP contribution in [0, 0.1) is 20.8 Å². The van der Waals surface area contributed by atoms with Crippen LogP contribution in [0.15, 0.2) is 83.3 Å². The molecule has 0 saturated carbocycles. The van der Waals surface area contributed by atoms with Gasteiger partial charge in [0.25, 0.3) is 0 Å². The lowest BCUT2D eigenvalue weighted by molar-refractivity contribution is 0.480. The van der Waals surface area contributed by atoms with Gasteiger partial charge in [0.2, 0.25) is 0 Å². The lowest BCUT2D eigenvalue weighted by atomic mass is 9.84. The van der Waals surface area contributed by atoms with Gasteiger partial charge in [-0.05, 0) is 67.2 Å². The molecule has 4 heteroatoms. The van der Waals surface area contributed by atoms with E-state index in [1.54, 1.807) is 0 Å². The summed E-state index contributed by atoms with van der Waals surface area (Å²) < 4.78 is 0.991. The monoisotopic (exact) mass is 469 g/mol. The van der Waals surface area contributed by atoms with E-state index >= 15 is 0 Å². The number of phenolic OH excluding ortho intramolecular Hbond substituents is 1. The van der Waals surface area contributed by atoms with Crippen LogP contribution < -0.4 is 10.4 Å². The molecule has 0 aromatic heterocycles. The van der Waals surface area contributed by atoms with Gasteiger partial charge >= 0.3 is 0 Å². The highest BCUT2D eigenvalue weighted by Gasteiger charge is 2.24. The molecule has 2 nitrogen and oxygen atoms in total. The summed E-state index contributed by atoms with van der Waals surface area (Å²) in [4.78, 5) is 2.18. The van der Waals surface area contributed by atoms with E-state index < -0.39 is 0 Å². The maximum Gasteiger partial charge on any atom is 0.144 e. The van der Waals surface area contributed by atoms with Crippen LogP contribution in [-0.2, 0) is 0 Å². The van der Waals surface area contributed by atoms with Gasteiger partial charge in [-0.25, -0.2) is 0 Å². The molecule has 0 aliphatic heterocycles. The van der Waals surface area contributed by atoms with Crippen LogP contribution in [0.2, 0.25) is 0 Å². The van der Waals surface area contributed by atoms with Crippen molar-refractivity contribution in [2.24, 2.45) is 0 Å². The highest BCUT2D eigenvalue weighted by atomic mass is 79.9. The Morgan fingerprint density at radius 1 is 0.774 bits per heavy atom. The van der Waals surface area contributed by atoms with Gasteiger partial charge in [-0.3, -0.25) is 0 Å². The molecule has 0 radical (unpaired) electrons. The smallest absolute Gasteiger partial charge is 0.144 e. The molecule has 154 valence electrons. The van der Waals surface area contributed by atoms with Crippen molar-refractivity contribution in [3.05, 3.63) is 100 Å². The molecule has 0 aliphatic rings. The standard InChI is InChI=1S/C27H25BBrNO/c1-17-18(2)25(28)27(31)26(19(17)3)30(22-13-9-12-21(29)16-22)24-15-8-7-14-23(24)20-10-5-4-6-11-20/h4-16,31H,28H2,1-3H3. The van der Waals surface area contributed by atoms with E-state index in [2.05, 4.69) is 96.2 Å². The van der Waals surface area contributed by atoms with Gasteiger partial charge in [0.1, 0.15) is 13.6 Å². The average Bonchev–Trinajstić information content (AvgIpc) is 2.80. The number of halogens is 1. The SMILES string of the molecule is Bc1c(C)c(C)c(C)c(N(c2cccc(Br)c2)c2ccccc2-c2ccccc2)c1O. The van der Waals surface area contributed by atoms with Gasteiger partial charge in [-0.15, -0.1) is 0 Å². The van der Waals surface area contributed by atoms with Crippen molar-refractivity contribution in [3.8, 4) is 16.9 Å². The van der Waals surface area contributed by atoms with Crippen molar-refractivity contribution in [1.29, 1.82) is 0 Å². The molecule has 4 rings (SSSR count). The van der Waals surface area contributed by atoms with E-state index in [0.29, 0.717) is 5.75 Å². The average molecular weight is 470 g/mol. The maximum absolute atomic E-state index is 11.4. The minimum absolute atomic E-state index is 0.323. The first-order valence-corrected chi connectivity index (χ1v) is 11.2. The van der Waals surface area contributed by atoms with Crippen LogP contribution in [-0.4, -0.2) is 13.0 Å². The van der Waals surface area contributed by atoms with Crippen molar-refractivity contribution < 1.29 is 5.11 Å². The summed E-state index contributed by atoms with van der Waals surface area (Å²) in [6.45, 7) is 6.29. The number of nitrogens with zero attached hydrogens (tertiary/aromatic N) is 1. The molecule has 4 aromatic carbocycles. The number of anilines is 3. The van der Waals surface area contributed by atoms with Crippen molar-refractivity contribution in [2.45, 2.75) is 20.8 Å². The van der Waals surface area contributed by atoms with Crippen molar-refractivity contribution in [1.82, 2.24) is 0 Å². The molecule has 0 amide bonds. The minimum Gasteiger partial charge on any atom is -0.506 e. The number of para-hydroxylation sites is 1. The Balaban J connectivity index is 2.08. The van der Waals surface area contributed by atoms with Crippen LogP contribution in [0.4, 0.5) is 17.1 Å². The second-order valence-corrected chi connectivity index (χ2v) is 8.81. The van der Waals surface area contributed by atoms with Gasteiger partial charge in [0, 0.05) is 15.7 Å². The molecule has 0 heterocycles. The van der Waals surface area contributed by atoms with E-state index in [4.69, 9.17) is 0 Å². The van der Waals surface area contributed by atoms with Gasteiger partial charge in [-0.2, -0.15) is 0 Å². The Kier molecular flexibility index (Phi) is 5.93. The van der Waals surface area contributed by atoms with Crippen molar-refractivity contribution >= 4 is 46.3 Å². The first-order chi connectivity index (χ1) is 14.9. The highest BCUT2D eigenvalue weighted by Crippen LogP contribution is 2.46. The molecule has 0 spiro atoms. The molecule has 1 N–H and O–H groups in total. The van der Waals surface area contributed by atoms with Crippen LogP contribution in [0.3, 0.4) is 0 Å². The molecule has 0 fully saturated rings. The summed E-state index contributed by atoms with van der Waals surface area (Å²) in [5.41, 5.74) is 9.38. The van der Waals surface area contributed by atoms with Gasteiger partial charge in [0.15, 0.2) is 0 Å². The van der Waals surface area contributed by atoms with E-state index in [9.17, 15) is 5.11 Å². The van der Waals surface area contributed by atoms with E-state index in [-0.39, 0.29) is 0 Å². The number of phenols is 1. The Morgan fingerprint density at radius 2 is 1.45 bits per heavy atom. The van der Waals surface area contributed by atoms with Crippen LogP contribution in [0.1, 0.15) is 16.7 Å². The molecule has 0 aliphatic carbocycles. The summed E-state index contributed by atoms with van der Waals surface area (Å²) >= 11 is 3.63. The van der Waals surface area contributed by atoms with Crippen LogP contribution in [0.5, 0.6) is 5.75 Å². The predicted octanol–water partition coefficient (Wildman–Crippen LogP) is 6.48. The van der Waals surface area contributed by atoms with E-state index in [1.807, 2.05) is 32.1 Å². The van der Waals surface area contributed by atoms with Crippen LogP contribution in [0.25, 0.3) is 11.1 Å². The Labute approximate surface area is 193 Å². The number of aromatic hydroxyl groups is 1. The fourth-order valence-corrected chi connectivity index (χ4v) is 4.47. The first-order valence-electron chi connectivity index (χ1n) is 10.4. The van der Waals surface area contributed by atoms with Crippen molar-refractivity contribution in [2.75, 3.05) is 4.90 Å². The number of hydrogen-bond acceptors (Lipinski definition) is 2. The normalized spacial score (nSPS) is 10.8. The van der Waals surface area contributed by atoms with Crippen LogP contribution >= 0.6 is 15.9 Å². The predicted molar refractivity (Wildman–Crippen MR) is 138 cm³/mol. The zero-order chi connectivity index (χ0) is 22.1. The lowest BCUT2D eigenvalue weighted by Crippen LogP contribution is -2.19.